The van der Waals surface area contributed by atoms with Crippen LogP contribution in [0.1, 0.15) is 25.0 Å². The Hall–Kier alpha value is -2.66. The van der Waals surface area contributed by atoms with E-state index in [9.17, 15) is 14.7 Å². The monoisotopic (exact) mass is 354 g/mol. The Morgan fingerprint density at radius 3 is 1.42 bits per heavy atom. The third kappa shape index (κ3) is 6.33. The van der Waals surface area contributed by atoms with Gasteiger partial charge in [0.25, 0.3) is 0 Å². The van der Waals surface area contributed by atoms with Crippen molar-refractivity contribution in [3.05, 3.63) is 71.8 Å². The van der Waals surface area contributed by atoms with E-state index in [-0.39, 0.29) is 11.8 Å². The molecule has 0 heterocycles. The summed E-state index contributed by atoms with van der Waals surface area (Å²) in [4.78, 5) is 23.3. The first-order valence-electron chi connectivity index (χ1n) is 8.76. The molecule has 0 aliphatic carbocycles. The van der Waals surface area contributed by atoms with Gasteiger partial charge in [0.2, 0.25) is 11.8 Å². The van der Waals surface area contributed by atoms with Crippen LogP contribution in [-0.4, -0.2) is 35.1 Å². The van der Waals surface area contributed by atoms with Gasteiger partial charge in [-0.25, -0.2) is 0 Å². The molecule has 0 unspecified atom stereocenters. The van der Waals surface area contributed by atoms with E-state index in [1.807, 2.05) is 60.7 Å². The molecule has 0 saturated heterocycles. The van der Waals surface area contributed by atoms with Crippen LogP contribution in [0.4, 0.5) is 0 Å². The molecule has 0 fully saturated rings. The average Bonchev–Trinajstić information content (AvgIpc) is 2.61. The van der Waals surface area contributed by atoms with Crippen molar-refractivity contribution in [1.29, 1.82) is 0 Å². The molecule has 2 aromatic carbocycles. The lowest BCUT2D eigenvalue weighted by molar-refractivity contribution is -0.121. The van der Waals surface area contributed by atoms with Crippen molar-refractivity contribution < 1.29 is 14.7 Å². The second-order valence-corrected chi connectivity index (χ2v) is 6.48. The number of aliphatic hydroxyl groups is 1. The highest BCUT2D eigenvalue weighted by atomic mass is 16.3. The molecule has 0 aliphatic rings. The SMILES string of the molecule is CC(=O)N[C@@H](Cc1ccccc1)C(O)[C@H](Cc1ccccc1)NC(C)=O. The van der Waals surface area contributed by atoms with Crippen LogP contribution >= 0.6 is 0 Å². The first-order valence-corrected chi connectivity index (χ1v) is 8.76. The molecule has 2 rings (SSSR count). The number of aliphatic hydroxyl groups excluding tert-OH is 1. The molecule has 3 N–H and O–H groups in total. The molecule has 0 radical (unpaired) electrons. The number of benzene rings is 2. The highest BCUT2D eigenvalue weighted by Crippen LogP contribution is 2.13. The standard InChI is InChI=1S/C21H26N2O3/c1-15(24)22-19(13-17-9-5-3-6-10-17)21(26)20(23-16(2)25)14-18-11-7-4-8-12-18/h3-12,19-21,26H,13-14H2,1-2H3,(H,22,24)(H,23,25)/t19-,20-/m0/s1. The summed E-state index contributed by atoms with van der Waals surface area (Å²) in [6.45, 7) is 2.85. The van der Waals surface area contributed by atoms with Gasteiger partial charge in [-0.1, -0.05) is 60.7 Å². The van der Waals surface area contributed by atoms with E-state index in [1.165, 1.54) is 13.8 Å². The van der Waals surface area contributed by atoms with E-state index < -0.39 is 18.2 Å². The van der Waals surface area contributed by atoms with Crippen molar-refractivity contribution in [2.45, 2.75) is 44.9 Å². The predicted octanol–water partition coefficient (Wildman–Crippen LogP) is 1.84. The van der Waals surface area contributed by atoms with Crippen LogP contribution < -0.4 is 10.6 Å². The number of hydrogen-bond acceptors (Lipinski definition) is 3. The first-order chi connectivity index (χ1) is 12.5. The number of amides is 2. The van der Waals surface area contributed by atoms with Crippen LogP contribution in [0.2, 0.25) is 0 Å². The Morgan fingerprint density at radius 2 is 1.12 bits per heavy atom. The average molecular weight is 354 g/mol. The molecule has 0 aliphatic heterocycles. The van der Waals surface area contributed by atoms with Crippen molar-refractivity contribution in [2.75, 3.05) is 0 Å². The van der Waals surface area contributed by atoms with Gasteiger partial charge in [0.1, 0.15) is 0 Å². The van der Waals surface area contributed by atoms with Crippen molar-refractivity contribution in [3.8, 4) is 0 Å². The van der Waals surface area contributed by atoms with Gasteiger partial charge in [0.15, 0.2) is 0 Å². The van der Waals surface area contributed by atoms with Gasteiger partial charge in [0.05, 0.1) is 18.2 Å². The molecule has 2 atom stereocenters. The highest BCUT2D eigenvalue weighted by molar-refractivity contribution is 5.74. The van der Waals surface area contributed by atoms with E-state index in [0.29, 0.717) is 12.8 Å². The van der Waals surface area contributed by atoms with Crippen LogP contribution in [0.5, 0.6) is 0 Å². The minimum atomic E-state index is -0.928. The quantitative estimate of drug-likeness (QED) is 0.677. The maximum absolute atomic E-state index is 11.6. The Labute approximate surface area is 154 Å². The van der Waals surface area contributed by atoms with Crippen LogP contribution in [-0.2, 0) is 22.4 Å². The predicted molar refractivity (Wildman–Crippen MR) is 102 cm³/mol. The van der Waals surface area contributed by atoms with Gasteiger partial charge < -0.3 is 15.7 Å². The van der Waals surface area contributed by atoms with Crippen LogP contribution in [0.15, 0.2) is 60.7 Å². The normalized spacial score (nSPS) is 13.1. The molecule has 5 heteroatoms. The molecule has 0 saturated carbocycles. The summed E-state index contributed by atoms with van der Waals surface area (Å²) in [6.07, 6.45) is 0.0297. The summed E-state index contributed by atoms with van der Waals surface area (Å²) < 4.78 is 0. The Kier molecular flexibility index (Phi) is 7.36. The summed E-state index contributed by atoms with van der Waals surface area (Å²) in [6, 6.07) is 18.3. The molecular weight excluding hydrogens is 328 g/mol. The van der Waals surface area contributed by atoms with Gasteiger partial charge in [0, 0.05) is 13.8 Å². The topological polar surface area (TPSA) is 78.4 Å². The van der Waals surface area contributed by atoms with Crippen molar-refractivity contribution in [1.82, 2.24) is 10.6 Å². The molecule has 0 spiro atoms. The Bertz CT molecular complexity index is 642. The number of carbonyl (C=O) groups is 2. The van der Waals surface area contributed by atoms with Gasteiger partial charge in [-0.15, -0.1) is 0 Å². The van der Waals surface area contributed by atoms with Crippen LogP contribution in [0.25, 0.3) is 0 Å². The maximum atomic E-state index is 11.6. The van der Waals surface area contributed by atoms with Gasteiger partial charge in [-0.3, -0.25) is 9.59 Å². The Balaban J connectivity index is 2.20. The highest BCUT2D eigenvalue weighted by Gasteiger charge is 2.29. The fourth-order valence-corrected chi connectivity index (χ4v) is 3.05. The third-order valence-electron chi connectivity index (χ3n) is 4.20. The summed E-state index contributed by atoms with van der Waals surface area (Å²) in [5, 5.41) is 16.6. The second kappa shape index (κ2) is 9.73. The molecule has 0 bridgehead atoms. The van der Waals surface area contributed by atoms with Crippen LogP contribution in [0, 0.1) is 0 Å². The maximum Gasteiger partial charge on any atom is 0.217 e. The number of carbonyl (C=O) groups excluding carboxylic acids is 2. The van der Waals surface area contributed by atoms with E-state index in [0.717, 1.165) is 11.1 Å². The number of nitrogens with one attached hydrogen (secondary N) is 2. The molecule has 5 nitrogen and oxygen atoms in total. The summed E-state index contributed by atoms with van der Waals surface area (Å²) in [5.74, 6) is -0.433. The Morgan fingerprint density at radius 1 is 0.769 bits per heavy atom. The van der Waals surface area contributed by atoms with E-state index in [2.05, 4.69) is 10.6 Å². The summed E-state index contributed by atoms with van der Waals surface area (Å²) in [5.41, 5.74) is 2.01. The van der Waals surface area contributed by atoms with Gasteiger partial charge in [-0.05, 0) is 24.0 Å². The van der Waals surface area contributed by atoms with E-state index >= 15 is 0 Å². The minimum absolute atomic E-state index is 0.216. The zero-order chi connectivity index (χ0) is 18.9. The third-order valence-corrected chi connectivity index (χ3v) is 4.20. The molecule has 26 heavy (non-hydrogen) atoms. The molecule has 0 aromatic heterocycles. The lowest BCUT2D eigenvalue weighted by atomic mass is 9.92. The largest absolute Gasteiger partial charge is 0.389 e. The number of rotatable bonds is 8. The van der Waals surface area contributed by atoms with Crippen molar-refractivity contribution >= 4 is 11.8 Å². The summed E-state index contributed by atoms with van der Waals surface area (Å²) in [7, 11) is 0. The lowest BCUT2D eigenvalue weighted by Gasteiger charge is -2.31. The molecular formula is C21H26N2O3. The first kappa shape index (κ1) is 19.7. The van der Waals surface area contributed by atoms with Crippen LogP contribution in [0.3, 0.4) is 0 Å². The zero-order valence-electron chi connectivity index (χ0n) is 15.2. The fraction of sp³-hybridized carbons (Fsp3) is 0.333. The van der Waals surface area contributed by atoms with Gasteiger partial charge >= 0.3 is 0 Å². The molecule has 138 valence electrons. The van der Waals surface area contributed by atoms with E-state index in [4.69, 9.17) is 0 Å². The minimum Gasteiger partial charge on any atom is -0.389 e. The smallest absolute Gasteiger partial charge is 0.217 e. The van der Waals surface area contributed by atoms with E-state index in [1.54, 1.807) is 0 Å². The van der Waals surface area contributed by atoms with Crippen molar-refractivity contribution in [2.24, 2.45) is 0 Å². The summed E-state index contributed by atoms with van der Waals surface area (Å²) >= 11 is 0. The van der Waals surface area contributed by atoms with Crippen molar-refractivity contribution in [3.63, 3.8) is 0 Å². The second-order valence-electron chi connectivity index (χ2n) is 6.48. The molecule has 2 amide bonds. The zero-order valence-corrected chi connectivity index (χ0v) is 15.2. The number of hydrogen-bond donors (Lipinski definition) is 3. The fourth-order valence-electron chi connectivity index (χ4n) is 3.05. The van der Waals surface area contributed by atoms with Gasteiger partial charge in [-0.2, -0.15) is 0 Å². The molecule has 2 aromatic rings. The lowest BCUT2D eigenvalue weighted by Crippen LogP contribution is -2.55.